The molecule has 0 radical (unpaired) electrons. The first kappa shape index (κ1) is 38.5. The van der Waals surface area contributed by atoms with E-state index >= 15 is 0 Å². The SMILES string of the molecule is CC(C)(C)NC(=O)C1C[C@@H]2CCCCC2CN1CC(O)C(Cc1ccccc1)NC(=O)[C@@H](NC(=O)c1cc2ccccc2[nH]1)C(C)(C)S(C)(=O)=O. The zero-order valence-corrected chi connectivity index (χ0v) is 31.6. The maximum Gasteiger partial charge on any atom is 0.268 e. The maximum atomic E-state index is 14.3. The molecule has 0 spiro atoms. The van der Waals surface area contributed by atoms with E-state index in [-0.39, 0.29) is 24.6 Å². The second-order valence-corrected chi connectivity index (χ2v) is 18.8. The lowest BCUT2D eigenvalue weighted by molar-refractivity contribution is -0.133. The number of hydrogen-bond acceptors (Lipinski definition) is 7. The van der Waals surface area contributed by atoms with Gasteiger partial charge in [0.2, 0.25) is 11.8 Å². The summed E-state index contributed by atoms with van der Waals surface area (Å²) in [5, 5.41) is 21.6. The molecule has 6 atom stereocenters. The molecule has 2 heterocycles. The smallest absolute Gasteiger partial charge is 0.268 e. The van der Waals surface area contributed by atoms with Crippen LogP contribution in [0.25, 0.3) is 10.9 Å². The third kappa shape index (κ3) is 9.39. The highest BCUT2D eigenvalue weighted by Gasteiger charge is 2.46. The fraction of sp³-hybridized carbons (Fsp3) is 0.564. The summed E-state index contributed by atoms with van der Waals surface area (Å²) < 4.78 is 24.5. The first-order valence-corrected chi connectivity index (χ1v) is 20.0. The average Bonchev–Trinajstić information content (AvgIpc) is 3.50. The number of nitrogens with zero attached hydrogens (tertiary/aromatic N) is 1. The topological polar surface area (TPSA) is 161 Å². The minimum Gasteiger partial charge on any atom is -0.390 e. The summed E-state index contributed by atoms with van der Waals surface area (Å²) in [5.74, 6) is -0.569. The number of aromatic amines is 1. The predicted molar refractivity (Wildman–Crippen MR) is 200 cm³/mol. The Morgan fingerprint density at radius 1 is 0.941 bits per heavy atom. The zero-order valence-electron chi connectivity index (χ0n) is 30.7. The molecular formula is C39H55N5O6S. The van der Waals surface area contributed by atoms with Crippen LogP contribution in [0, 0.1) is 11.8 Å². The van der Waals surface area contributed by atoms with Gasteiger partial charge in [0.25, 0.3) is 5.91 Å². The number of aliphatic hydroxyl groups is 1. The molecule has 1 aliphatic carbocycles. The molecule has 5 N–H and O–H groups in total. The summed E-state index contributed by atoms with van der Waals surface area (Å²) >= 11 is 0. The molecule has 2 aliphatic rings. The number of carbonyl (C=O) groups is 3. The summed E-state index contributed by atoms with van der Waals surface area (Å²) in [4.78, 5) is 46.7. The number of piperidine rings is 1. The van der Waals surface area contributed by atoms with Crippen LogP contribution in [0.15, 0.2) is 60.7 Å². The Kier molecular flexibility index (Phi) is 11.7. The fourth-order valence-electron chi connectivity index (χ4n) is 7.59. The van der Waals surface area contributed by atoms with Crippen LogP contribution in [0.3, 0.4) is 0 Å². The van der Waals surface area contributed by atoms with E-state index in [2.05, 4.69) is 25.8 Å². The first-order chi connectivity index (χ1) is 23.9. The van der Waals surface area contributed by atoms with Crippen molar-refractivity contribution in [2.75, 3.05) is 19.3 Å². The van der Waals surface area contributed by atoms with Crippen LogP contribution in [0.1, 0.15) is 82.8 Å². The molecule has 5 rings (SSSR count). The predicted octanol–water partition coefficient (Wildman–Crippen LogP) is 3.97. The lowest BCUT2D eigenvalue weighted by atomic mass is 9.72. The molecule has 0 bridgehead atoms. The number of aromatic nitrogens is 1. The molecule has 1 saturated heterocycles. The summed E-state index contributed by atoms with van der Waals surface area (Å²) in [6.45, 7) is 9.47. The lowest BCUT2D eigenvalue weighted by Gasteiger charge is -2.47. The van der Waals surface area contributed by atoms with Gasteiger partial charge in [-0.1, -0.05) is 67.8 Å². The molecular weight excluding hydrogens is 667 g/mol. The van der Waals surface area contributed by atoms with E-state index in [9.17, 15) is 27.9 Å². The van der Waals surface area contributed by atoms with Crippen molar-refractivity contribution >= 4 is 38.5 Å². The second kappa shape index (κ2) is 15.5. The largest absolute Gasteiger partial charge is 0.390 e. The Balaban J connectivity index is 1.42. The highest BCUT2D eigenvalue weighted by atomic mass is 32.2. The fourth-order valence-corrected chi connectivity index (χ4v) is 8.18. The number of amides is 3. The molecule has 1 aromatic heterocycles. The van der Waals surface area contributed by atoms with Gasteiger partial charge in [-0.15, -0.1) is 0 Å². The van der Waals surface area contributed by atoms with E-state index in [1.807, 2.05) is 75.4 Å². The normalized spacial score (nSPS) is 22.0. The third-order valence-corrected chi connectivity index (χ3v) is 12.9. The number of carbonyl (C=O) groups excluding carboxylic acids is 3. The number of nitrogens with one attached hydrogen (secondary N) is 4. The quantitative estimate of drug-likeness (QED) is 0.189. The molecule has 11 nitrogen and oxygen atoms in total. The molecule has 4 unspecified atom stereocenters. The van der Waals surface area contributed by atoms with Gasteiger partial charge in [-0.05, 0) is 83.4 Å². The van der Waals surface area contributed by atoms with E-state index in [0.717, 1.165) is 48.4 Å². The van der Waals surface area contributed by atoms with Gasteiger partial charge in [-0.2, -0.15) is 0 Å². The van der Waals surface area contributed by atoms with Crippen LogP contribution in [-0.2, 0) is 25.8 Å². The summed E-state index contributed by atoms with van der Waals surface area (Å²) in [6, 6.07) is 15.6. The van der Waals surface area contributed by atoms with Crippen LogP contribution in [0.4, 0.5) is 0 Å². The Morgan fingerprint density at radius 2 is 1.59 bits per heavy atom. The van der Waals surface area contributed by atoms with Gasteiger partial charge in [0.1, 0.15) is 11.7 Å². The number of hydrogen-bond donors (Lipinski definition) is 5. The molecule has 1 aliphatic heterocycles. The highest BCUT2D eigenvalue weighted by Crippen LogP contribution is 2.39. The summed E-state index contributed by atoms with van der Waals surface area (Å²) in [7, 11) is -3.88. The highest BCUT2D eigenvalue weighted by molar-refractivity contribution is 7.92. The van der Waals surface area contributed by atoms with Gasteiger partial charge in [-0.3, -0.25) is 19.3 Å². The number of benzene rings is 2. The van der Waals surface area contributed by atoms with Crippen molar-refractivity contribution in [3.63, 3.8) is 0 Å². The summed E-state index contributed by atoms with van der Waals surface area (Å²) in [6.07, 6.45) is 5.34. The Labute approximate surface area is 302 Å². The number of fused-ring (bicyclic) bond motifs is 2. The molecule has 12 heteroatoms. The van der Waals surface area contributed by atoms with Crippen LogP contribution < -0.4 is 16.0 Å². The number of para-hydroxylation sites is 1. The Bertz CT molecular complexity index is 1770. The first-order valence-electron chi connectivity index (χ1n) is 18.1. The molecule has 3 aromatic rings. The number of sulfone groups is 1. The second-order valence-electron chi connectivity index (χ2n) is 16.2. The van der Waals surface area contributed by atoms with E-state index in [0.29, 0.717) is 24.8 Å². The van der Waals surface area contributed by atoms with E-state index < -0.39 is 56.2 Å². The molecule has 278 valence electrons. The molecule has 51 heavy (non-hydrogen) atoms. The van der Waals surface area contributed by atoms with Crippen molar-refractivity contribution in [2.24, 2.45) is 11.8 Å². The average molecular weight is 722 g/mol. The number of likely N-dealkylation sites (tertiary alicyclic amines) is 1. The van der Waals surface area contributed by atoms with Crippen molar-refractivity contribution in [3.8, 4) is 0 Å². The molecule has 2 aromatic carbocycles. The van der Waals surface area contributed by atoms with E-state index in [1.165, 1.54) is 13.8 Å². The van der Waals surface area contributed by atoms with Crippen LogP contribution in [0.5, 0.6) is 0 Å². The maximum absolute atomic E-state index is 14.3. The van der Waals surface area contributed by atoms with Crippen LogP contribution in [0.2, 0.25) is 0 Å². The van der Waals surface area contributed by atoms with Crippen molar-refractivity contribution in [1.29, 1.82) is 0 Å². The Morgan fingerprint density at radius 3 is 2.24 bits per heavy atom. The standard InChI is InChI=1S/C39H55N5O6S/c1-38(2,3)43-36(47)32-22-26-16-10-11-18-28(26)23-44(32)24-33(45)30(20-25-14-8-7-9-15-25)41-37(48)34(39(4,5)51(6,49)50)42-35(46)31-21-27-17-12-13-19-29(27)40-31/h7-9,12-15,17,19,21,26,28,30,32-34,40,45H,10-11,16,18,20,22-24H2,1-6H3,(H,41,48)(H,42,46)(H,43,47)/t26-,28?,30?,32?,33?,34+/m0/s1. The zero-order chi connectivity index (χ0) is 37.1. The minimum atomic E-state index is -3.88. The number of aliphatic hydroxyl groups excluding tert-OH is 1. The third-order valence-electron chi connectivity index (χ3n) is 10.8. The van der Waals surface area contributed by atoms with E-state index in [4.69, 9.17) is 0 Å². The van der Waals surface area contributed by atoms with Crippen molar-refractivity contribution in [1.82, 2.24) is 25.8 Å². The van der Waals surface area contributed by atoms with Gasteiger partial charge < -0.3 is 26.0 Å². The van der Waals surface area contributed by atoms with Crippen molar-refractivity contribution in [3.05, 3.63) is 71.9 Å². The van der Waals surface area contributed by atoms with Gasteiger partial charge in [0.15, 0.2) is 9.84 Å². The van der Waals surface area contributed by atoms with E-state index in [1.54, 1.807) is 6.07 Å². The van der Waals surface area contributed by atoms with Gasteiger partial charge in [0.05, 0.1) is 22.9 Å². The number of H-pyrrole nitrogens is 1. The van der Waals surface area contributed by atoms with Gasteiger partial charge in [-0.25, -0.2) is 8.42 Å². The van der Waals surface area contributed by atoms with Gasteiger partial charge in [0, 0.05) is 35.8 Å². The van der Waals surface area contributed by atoms with Crippen molar-refractivity contribution in [2.45, 2.75) is 108 Å². The van der Waals surface area contributed by atoms with Crippen LogP contribution in [-0.4, -0.2) is 95.0 Å². The van der Waals surface area contributed by atoms with Gasteiger partial charge >= 0.3 is 0 Å². The monoisotopic (exact) mass is 721 g/mol. The lowest BCUT2D eigenvalue weighted by Crippen LogP contribution is -2.64. The Hall–Kier alpha value is -3.74. The molecule has 3 amide bonds. The number of rotatable bonds is 12. The van der Waals surface area contributed by atoms with Crippen molar-refractivity contribution < 1.29 is 27.9 Å². The molecule has 1 saturated carbocycles. The minimum absolute atomic E-state index is 0.0722. The molecule has 2 fully saturated rings. The number of β-amino-alcohol motifs (C(OH)–C–C–N with tert-alkyl or cyclic N) is 1. The van der Waals surface area contributed by atoms with Crippen LogP contribution >= 0.6 is 0 Å². The summed E-state index contributed by atoms with van der Waals surface area (Å²) in [5.41, 5.74) is 1.34.